The van der Waals surface area contributed by atoms with Gasteiger partial charge >= 0.3 is 0 Å². The number of ether oxygens (including phenoxy) is 1. The van der Waals surface area contributed by atoms with E-state index in [1.54, 1.807) is 48.5 Å². The predicted molar refractivity (Wildman–Crippen MR) is 180 cm³/mol. The lowest BCUT2D eigenvalue weighted by Crippen LogP contribution is -2.54. The molecule has 2 amide bonds. The van der Waals surface area contributed by atoms with E-state index in [1.807, 2.05) is 37.3 Å². The van der Waals surface area contributed by atoms with E-state index in [4.69, 9.17) is 4.74 Å². The number of carbonyl (C=O) groups excluding carboxylic acids is 2. The molecule has 4 aromatic rings. The third kappa shape index (κ3) is 8.37. The molecule has 47 heavy (non-hydrogen) atoms. The number of hydrogen-bond donors (Lipinski definition) is 1. The Bertz CT molecular complexity index is 1760. The fraction of sp³-hybridized carbons (Fsp3) is 0.297. The summed E-state index contributed by atoms with van der Waals surface area (Å²) in [4.78, 5) is 30.1. The number of rotatable bonds is 13. The summed E-state index contributed by atoms with van der Waals surface area (Å²) < 4.78 is 49.0. The lowest BCUT2D eigenvalue weighted by atomic mass is 10.0. The summed E-state index contributed by atoms with van der Waals surface area (Å²) in [6.07, 6.45) is 3.93. The molecule has 5 rings (SSSR count). The number of nitrogens with one attached hydrogen (secondary N) is 1. The maximum Gasteiger partial charge on any atom is 0.264 e. The Morgan fingerprint density at radius 3 is 2.17 bits per heavy atom. The van der Waals surface area contributed by atoms with Crippen LogP contribution in [0.1, 0.15) is 42.4 Å². The van der Waals surface area contributed by atoms with E-state index in [2.05, 4.69) is 5.32 Å². The van der Waals surface area contributed by atoms with Crippen molar-refractivity contribution in [3.63, 3.8) is 0 Å². The monoisotopic (exact) mass is 657 g/mol. The SMILES string of the molecule is COc1ccccc1N(CC(=O)N(Cc1ccc(F)cc1)[C@H](Cc1ccccc1)C(=O)NC1CCCC1)S(=O)(=O)c1ccc(C)cc1. The Morgan fingerprint density at radius 2 is 1.51 bits per heavy atom. The number of methoxy groups -OCH3 is 1. The third-order valence-corrected chi connectivity index (χ3v) is 10.3. The number of amides is 2. The number of para-hydroxylation sites is 2. The summed E-state index contributed by atoms with van der Waals surface area (Å²) in [7, 11) is -2.85. The van der Waals surface area contributed by atoms with Crippen molar-refractivity contribution in [3.05, 3.63) is 126 Å². The van der Waals surface area contributed by atoms with Crippen molar-refractivity contribution in [2.24, 2.45) is 0 Å². The molecular formula is C37H40FN3O5S. The van der Waals surface area contributed by atoms with E-state index in [-0.39, 0.29) is 41.2 Å². The van der Waals surface area contributed by atoms with Crippen LogP contribution in [0.2, 0.25) is 0 Å². The summed E-state index contributed by atoms with van der Waals surface area (Å²) in [5, 5.41) is 3.15. The molecular weight excluding hydrogens is 617 g/mol. The highest BCUT2D eigenvalue weighted by atomic mass is 32.2. The molecule has 1 atom stereocenters. The van der Waals surface area contributed by atoms with E-state index in [9.17, 15) is 22.4 Å². The van der Waals surface area contributed by atoms with E-state index < -0.39 is 34.3 Å². The Balaban J connectivity index is 1.58. The lowest BCUT2D eigenvalue weighted by Gasteiger charge is -2.34. The largest absolute Gasteiger partial charge is 0.495 e. The topological polar surface area (TPSA) is 96.0 Å². The van der Waals surface area contributed by atoms with Crippen LogP contribution in [-0.2, 0) is 32.6 Å². The molecule has 0 saturated heterocycles. The second kappa shape index (κ2) is 15.3. The van der Waals surface area contributed by atoms with Crippen molar-refractivity contribution in [1.29, 1.82) is 0 Å². The number of sulfonamides is 1. The first kappa shape index (κ1) is 33.7. The van der Waals surface area contributed by atoms with Crippen LogP contribution in [0.25, 0.3) is 0 Å². The molecule has 0 spiro atoms. The zero-order chi connectivity index (χ0) is 33.4. The van der Waals surface area contributed by atoms with Crippen LogP contribution in [0.3, 0.4) is 0 Å². The van der Waals surface area contributed by atoms with Gasteiger partial charge in [-0.05, 0) is 67.3 Å². The van der Waals surface area contributed by atoms with Crippen molar-refractivity contribution < 1.29 is 27.1 Å². The summed E-state index contributed by atoms with van der Waals surface area (Å²) in [6, 6.07) is 27.1. The molecule has 0 unspecified atom stereocenters. The average molecular weight is 658 g/mol. The Kier molecular flexibility index (Phi) is 10.9. The number of anilines is 1. The van der Waals surface area contributed by atoms with Gasteiger partial charge in [0.2, 0.25) is 11.8 Å². The summed E-state index contributed by atoms with van der Waals surface area (Å²) in [5.41, 5.74) is 2.49. The standard InChI is InChI=1S/C37H40FN3O5S/c1-27-16-22-32(23-17-27)47(44,45)41(33-14-8-9-15-35(33)46-2)26-36(42)40(25-29-18-20-30(38)21-19-29)34(24-28-10-4-3-5-11-28)37(43)39-31-12-6-7-13-31/h3-5,8-11,14-23,31,34H,6-7,12-13,24-26H2,1-2H3,(H,39,43)/t34-/m1/s1. The second-order valence-electron chi connectivity index (χ2n) is 11.8. The van der Waals surface area contributed by atoms with Gasteiger partial charge in [-0.25, -0.2) is 12.8 Å². The van der Waals surface area contributed by atoms with Crippen molar-refractivity contribution in [2.75, 3.05) is 18.0 Å². The Hall–Kier alpha value is -4.70. The highest BCUT2D eigenvalue weighted by molar-refractivity contribution is 7.92. The van der Waals surface area contributed by atoms with Crippen LogP contribution < -0.4 is 14.4 Å². The van der Waals surface area contributed by atoms with Gasteiger partial charge in [-0.2, -0.15) is 0 Å². The van der Waals surface area contributed by atoms with Gasteiger partial charge in [0, 0.05) is 19.0 Å². The van der Waals surface area contributed by atoms with Crippen molar-refractivity contribution in [1.82, 2.24) is 10.2 Å². The van der Waals surface area contributed by atoms with Gasteiger partial charge in [0.05, 0.1) is 17.7 Å². The molecule has 0 aromatic heterocycles. The van der Waals surface area contributed by atoms with Gasteiger partial charge in [-0.3, -0.25) is 13.9 Å². The number of benzene rings is 4. The molecule has 0 radical (unpaired) electrons. The molecule has 0 heterocycles. The second-order valence-corrected chi connectivity index (χ2v) is 13.7. The molecule has 0 bridgehead atoms. The molecule has 10 heteroatoms. The molecule has 1 fully saturated rings. The first-order chi connectivity index (χ1) is 22.7. The number of hydrogen-bond acceptors (Lipinski definition) is 5. The maximum atomic E-state index is 14.6. The summed E-state index contributed by atoms with van der Waals surface area (Å²) in [6.45, 7) is 1.20. The molecule has 1 N–H and O–H groups in total. The smallest absolute Gasteiger partial charge is 0.264 e. The van der Waals surface area contributed by atoms with Crippen LogP contribution in [0.5, 0.6) is 5.75 Å². The summed E-state index contributed by atoms with van der Waals surface area (Å²) >= 11 is 0. The first-order valence-electron chi connectivity index (χ1n) is 15.8. The quantitative estimate of drug-likeness (QED) is 0.189. The molecule has 1 aliphatic carbocycles. The summed E-state index contributed by atoms with van der Waals surface area (Å²) in [5.74, 6) is -1.08. The molecule has 8 nitrogen and oxygen atoms in total. The minimum Gasteiger partial charge on any atom is -0.495 e. The Morgan fingerprint density at radius 1 is 0.872 bits per heavy atom. The molecule has 246 valence electrons. The highest BCUT2D eigenvalue weighted by Crippen LogP contribution is 2.33. The third-order valence-electron chi connectivity index (χ3n) is 8.48. The fourth-order valence-corrected chi connectivity index (χ4v) is 7.32. The average Bonchev–Trinajstić information content (AvgIpc) is 3.59. The van der Waals surface area contributed by atoms with Crippen LogP contribution in [0.15, 0.2) is 108 Å². The van der Waals surface area contributed by atoms with Gasteiger partial charge in [0.15, 0.2) is 0 Å². The molecule has 1 aliphatic rings. The van der Waals surface area contributed by atoms with Crippen LogP contribution in [-0.4, -0.2) is 50.9 Å². The molecule has 0 aliphatic heterocycles. The van der Waals surface area contributed by atoms with Crippen LogP contribution >= 0.6 is 0 Å². The van der Waals surface area contributed by atoms with Crippen molar-refractivity contribution >= 4 is 27.5 Å². The van der Waals surface area contributed by atoms with Gasteiger partial charge in [0.1, 0.15) is 24.2 Å². The number of carbonyl (C=O) groups is 2. The van der Waals surface area contributed by atoms with E-state index in [0.717, 1.165) is 41.1 Å². The lowest BCUT2D eigenvalue weighted by molar-refractivity contribution is -0.140. The van der Waals surface area contributed by atoms with E-state index in [0.29, 0.717) is 5.56 Å². The zero-order valence-electron chi connectivity index (χ0n) is 26.6. The van der Waals surface area contributed by atoms with Crippen molar-refractivity contribution in [2.45, 2.75) is 62.6 Å². The van der Waals surface area contributed by atoms with E-state index in [1.165, 1.54) is 36.3 Å². The normalized spacial score (nSPS) is 13.9. The van der Waals surface area contributed by atoms with Gasteiger partial charge < -0.3 is 15.0 Å². The minimum atomic E-state index is -4.28. The van der Waals surface area contributed by atoms with E-state index >= 15 is 0 Å². The number of aryl methyl sites for hydroxylation is 1. The maximum absolute atomic E-state index is 14.6. The predicted octanol–water partition coefficient (Wildman–Crippen LogP) is 6.04. The highest BCUT2D eigenvalue weighted by Gasteiger charge is 2.36. The van der Waals surface area contributed by atoms with Crippen molar-refractivity contribution in [3.8, 4) is 5.75 Å². The van der Waals surface area contributed by atoms with Gasteiger partial charge in [0.25, 0.3) is 10.0 Å². The van der Waals surface area contributed by atoms with Gasteiger partial charge in [-0.15, -0.1) is 0 Å². The van der Waals surface area contributed by atoms with Crippen LogP contribution in [0.4, 0.5) is 10.1 Å². The molecule has 1 saturated carbocycles. The molecule has 4 aromatic carbocycles. The minimum absolute atomic E-state index is 0.00413. The zero-order valence-corrected chi connectivity index (χ0v) is 27.5. The number of nitrogens with zero attached hydrogens (tertiary/aromatic N) is 2. The fourth-order valence-electron chi connectivity index (χ4n) is 5.89. The number of halogens is 1. The van der Waals surface area contributed by atoms with Gasteiger partial charge in [-0.1, -0.05) is 85.1 Å². The first-order valence-corrected chi connectivity index (χ1v) is 17.2. The van der Waals surface area contributed by atoms with Crippen LogP contribution in [0, 0.1) is 12.7 Å². The Labute approximate surface area is 276 Å².